The topological polar surface area (TPSA) is 62.1 Å². The first kappa shape index (κ1) is 12.4. The number of nitrogens with zero attached hydrogens (tertiary/aromatic N) is 2. The molecule has 2 aromatic rings. The lowest BCUT2D eigenvalue weighted by Gasteiger charge is -2.16. The Bertz CT molecular complexity index is 549. The average molecular weight is 247 g/mol. The number of hydrogen-bond acceptors (Lipinski definition) is 3. The van der Waals surface area contributed by atoms with Crippen molar-refractivity contribution in [3.63, 3.8) is 0 Å². The first-order valence-electron chi connectivity index (χ1n) is 5.80. The lowest BCUT2D eigenvalue weighted by Crippen LogP contribution is -2.27. The number of aryl methyl sites for hydroxylation is 3. The Morgan fingerprint density at radius 2 is 2.17 bits per heavy atom. The molecule has 96 valence electrons. The van der Waals surface area contributed by atoms with Crippen LogP contribution in [0.2, 0.25) is 0 Å². The Kier molecular flexibility index (Phi) is 3.23. The normalized spacial score (nSPS) is 10.7. The summed E-state index contributed by atoms with van der Waals surface area (Å²) in [5.74, 6) is 0.814. The van der Waals surface area contributed by atoms with Crippen LogP contribution in [-0.2, 0) is 6.54 Å². The maximum Gasteiger partial charge on any atom is 0.257 e. The highest BCUT2D eigenvalue weighted by atomic mass is 16.3. The zero-order valence-electron chi connectivity index (χ0n) is 11.1. The minimum Gasteiger partial charge on any atom is -0.469 e. The van der Waals surface area contributed by atoms with Gasteiger partial charge in [-0.25, -0.2) is 0 Å². The van der Waals surface area contributed by atoms with Crippen LogP contribution in [0.4, 0.5) is 0 Å². The van der Waals surface area contributed by atoms with Crippen LogP contribution in [-0.4, -0.2) is 28.1 Å². The van der Waals surface area contributed by atoms with Gasteiger partial charge in [0.15, 0.2) is 0 Å². The third kappa shape index (κ3) is 2.16. The summed E-state index contributed by atoms with van der Waals surface area (Å²) < 4.78 is 5.23. The number of furan rings is 1. The van der Waals surface area contributed by atoms with Gasteiger partial charge < -0.3 is 9.32 Å². The Morgan fingerprint density at radius 3 is 2.67 bits per heavy atom. The highest BCUT2D eigenvalue weighted by Gasteiger charge is 2.19. The van der Waals surface area contributed by atoms with Crippen LogP contribution in [0.25, 0.3) is 0 Å². The van der Waals surface area contributed by atoms with E-state index in [0.717, 1.165) is 22.7 Å². The van der Waals surface area contributed by atoms with Gasteiger partial charge in [-0.3, -0.25) is 9.89 Å². The Hall–Kier alpha value is -2.04. The zero-order valence-corrected chi connectivity index (χ0v) is 11.1. The fourth-order valence-electron chi connectivity index (χ4n) is 1.96. The van der Waals surface area contributed by atoms with Crippen molar-refractivity contribution in [2.45, 2.75) is 27.3 Å². The molecule has 1 N–H and O–H groups in total. The number of aromatic nitrogens is 2. The molecule has 0 aromatic carbocycles. The van der Waals surface area contributed by atoms with E-state index in [1.165, 1.54) is 0 Å². The smallest absolute Gasteiger partial charge is 0.257 e. The fourth-order valence-corrected chi connectivity index (χ4v) is 1.96. The molecule has 0 bridgehead atoms. The van der Waals surface area contributed by atoms with Gasteiger partial charge in [-0.15, -0.1) is 0 Å². The van der Waals surface area contributed by atoms with Gasteiger partial charge >= 0.3 is 0 Å². The molecule has 0 atom stereocenters. The molecule has 2 aromatic heterocycles. The molecule has 2 rings (SSSR count). The number of carbonyl (C=O) groups is 1. The second-order valence-corrected chi connectivity index (χ2v) is 4.47. The zero-order chi connectivity index (χ0) is 13.3. The van der Waals surface area contributed by atoms with Crippen LogP contribution in [0.5, 0.6) is 0 Å². The molecular weight excluding hydrogens is 230 g/mol. The number of aromatic amines is 1. The fraction of sp³-hybridized carbons (Fsp3) is 0.385. The van der Waals surface area contributed by atoms with Crippen LogP contribution in [0.1, 0.15) is 33.1 Å². The Labute approximate surface area is 106 Å². The minimum absolute atomic E-state index is 0.0284. The minimum atomic E-state index is -0.0284. The van der Waals surface area contributed by atoms with E-state index in [-0.39, 0.29) is 5.91 Å². The summed E-state index contributed by atoms with van der Waals surface area (Å²) in [6, 6.07) is 1.88. The second kappa shape index (κ2) is 4.68. The number of amides is 1. The van der Waals surface area contributed by atoms with Gasteiger partial charge in [0.1, 0.15) is 5.76 Å². The number of nitrogens with one attached hydrogen (secondary N) is 1. The molecule has 2 heterocycles. The quantitative estimate of drug-likeness (QED) is 0.904. The third-order valence-corrected chi connectivity index (χ3v) is 3.06. The van der Waals surface area contributed by atoms with Crippen molar-refractivity contribution in [1.82, 2.24) is 15.1 Å². The molecule has 0 aliphatic carbocycles. The summed E-state index contributed by atoms with van der Waals surface area (Å²) in [5, 5.41) is 6.87. The van der Waals surface area contributed by atoms with E-state index in [2.05, 4.69) is 10.2 Å². The molecule has 5 nitrogen and oxygen atoms in total. The first-order valence-corrected chi connectivity index (χ1v) is 5.80. The van der Waals surface area contributed by atoms with Crippen LogP contribution in [0.15, 0.2) is 16.7 Å². The molecule has 0 radical (unpaired) electrons. The summed E-state index contributed by atoms with van der Waals surface area (Å²) in [7, 11) is 1.78. The first-order chi connectivity index (χ1) is 8.50. The predicted octanol–water partition coefficient (Wildman–Crippen LogP) is 2.20. The van der Waals surface area contributed by atoms with Crippen LogP contribution in [0, 0.1) is 20.8 Å². The number of hydrogen-bond donors (Lipinski definition) is 1. The van der Waals surface area contributed by atoms with Gasteiger partial charge in [-0.1, -0.05) is 0 Å². The molecule has 0 spiro atoms. The molecule has 18 heavy (non-hydrogen) atoms. The van der Waals surface area contributed by atoms with Gasteiger partial charge in [0.05, 0.1) is 17.5 Å². The van der Waals surface area contributed by atoms with E-state index >= 15 is 0 Å². The lowest BCUT2D eigenvalue weighted by atomic mass is 10.1. The standard InChI is InChI=1S/C13H17N3O2/c1-8-12(9(2)15-14-8)13(17)16(4)7-11-5-6-18-10(11)3/h5-6H,7H2,1-4H3,(H,14,15). The molecule has 0 fully saturated rings. The second-order valence-electron chi connectivity index (χ2n) is 4.47. The summed E-state index contributed by atoms with van der Waals surface area (Å²) in [6.45, 7) is 6.10. The predicted molar refractivity (Wildman–Crippen MR) is 67.3 cm³/mol. The lowest BCUT2D eigenvalue weighted by molar-refractivity contribution is 0.0783. The Morgan fingerprint density at radius 1 is 1.44 bits per heavy atom. The number of carbonyl (C=O) groups excluding carboxylic acids is 1. The van der Waals surface area contributed by atoms with Gasteiger partial charge in [0.2, 0.25) is 0 Å². The van der Waals surface area contributed by atoms with Crippen molar-refractivity contribution in [2.75, 3.05) is 7.05 Å². The Balaban J connectivity index is 2.17. The van der Waals surface area contributed by atoms with Crippen molar-refractivity contribution in [3.8, 4) is 0 Å². The van der Waals surface area contributed by atoms with E-state index in [4.69, 9.17) is 4.42 Å². The molecule has 5 heteroatoms. The van der Waals surface area contributed by atoms with Gasteiger partial charge in [-0.2, -0.15) is 5.10 Å². The SMILES string of the molecule is Cc1n[nH]c(C)c1C(=O)N(C)Cc1ccoc1C. The molecule has 0 saturated carbocycles. The van der Waals surface area contributed by atoms with Crippen LogP contribution < -0.4 is 0 Å². The van der Waals surface area contributed by atoms with Crippen LogP contribution in [0.3, 0.4) is 0 Å². The van der Waals surface area contributed by atoms with Crippen molar-refractivity contribution in [3.05, 3.63) is 40.6 Å². The number of H-pyrrole nitrogens is 1. The van der Waals surface area contributed by atoms with E-state index < -0.39 is 0 Å². The summed E-state index contributed by atoms with van der Waals surface area (Å²) in [5.41, 5.74) is 3.20. The van der Waals surface area contributed by atoms with Crippen molar-refractivity contribution >= 4 is 5.91 Å². The monoisotopic (exact) mass is 247 g/mol. The third-order valence-electron chi connectivity index (χ3n) is 3.06. The molecular formula is C13H17N3O2. The van der Waals surface area contributed by atoms with Gasteiger partial charge in [-0.05, 0) is 26.8 Å². The van der Waals surface area contributed by atoms with Gasteiger partial charge in [0, 0.05) is 24.8 Å². The maximum atomic E-state index is 12.3. The molecule has 0 aliphatic heterocycles. The highest BCUT2D eigenvalue weighted by Crippen LogP contribution is 2.16. The summed E-state index contributed by atoms with van der Waals surface area (Å²) >= 11 is 0. The van der Waals surface area contributed by atoms with E-state index in [9.17, 15) is 4.79 Å². The van der Waals surface area contributed by atoms with Crippen molar-refractivity contribution in [1.29, 1.82) is 0 Å². The number of rotatable bonds is 3. The molecule has 1 amide bonds. The summed E-state index contributed by atoms with van der Waals surface area (Å²) in [4.78, 5) is 14.0. The van der Waals surface area contributed by atoms with Crippen molar-refractivity contribution in [2.24, 2.45) is 0 Å². The van der Waals surface area contributed by atoms with E-state index in [1.54, 1.807) is 18.2 Å². The van der Waals surface area contributed by atoms with E-state index in [1.807, 2.05) is 26.8 Å². The molecule has 0 unspecified atom stereocenters. The van der Waals surface area contributed by atoms with Crippen molar-refractivity contribution < 1.29 is 9.21 Å². The van der Waals surface area contributed by atoms with Gasteiger partial charge in [0.25, 0.3) is 5.91 Å². The maximum absolute atomic E-state index is 12.3. The van der Waals surface area contributed by atoms with Crippen LogP contribution >= 0.6 is 0 Å². The molecule has 0 saturated heterocycles. The van der Waals surface area contributed by atoms with E-state index in [0.29, 0.717) is 12.1 Å². The summed E-state index contributed by atoms with van der Waals surface area (Å²) in [6.07, 6.45) is 1.64. The highest BCUT2D eigenvalue weighted by molar-refractivity contribution is 5.96. The average Bonchev–Trinajstić information content (AvgIpc) is 2.86. The molecule has 0 aliphatic rings. The largest absolute Gasteiger partial charge is 0.469 e.